The molecule has 0 aromatic carbocycles. The number of aromatic nitrogens is 2. The van der Waals surface area contributed by atoms with Gasteiger partial charge in [0.15, 0.2) is 0 Å². The summed E-state index contributed by atoms with van der Waals surface area (Å²) in [6, 6.07) is 0. The van der Waals surface area contributed by atoms with Gasteiger partial charge in [0.05, 0.1) is 17.1 Å². The lowest BCUT2D eigenvalue weighted by Gasteiger charge is -2.20. The number of nitrogens with one attached hydrogen (secondary N) is 1. The van der Waals surface area contributed by atoms with Crippen LogP contribution in [0.5, 0.6) is 0 Å². The van der Waals surface area contributed by atoms with E-state index in [2.05, 4.69) is 19.2 Å². The van der Waals surface area contributed by atoms with Crippen LogP contribution in [0.2, 0.25) is 0 Å². The minimum atomic E-state index is 0.649. The fourth-order valence-corrected chi connectivity index (χ4v) is 3.03. The summed E-state index contributed by atoms with van der Waals surface area (Å²) >= 11 is 1.94. The van der Waals surface area contributed by atoms with Gasteiger partial charge in [0.1, 0.15) is 5.82 Å². The molecule has 1 aliphatic carbocycles. The lowest BCUT2D eigenvalue weighted by molar-refractivity contribution is 0.612. The molecule has 1 fully saturated rings. The van der Waals surface area contributed by atoms with Gasteiger partial charge >= 0.3 is 0 Å². The Morgan fingerprint density at radius 3 is 2.89 bits per heavy atom. The second-order valence-corrected chi connectivity index (χ2v) is 7.08. The van der Waals surface area contributed by atoms with Crippen molar-refractivity contribution in [3.8, 4) is 0 Å². The molecule has 2 aliphatic rings. The number of fused-ring (bicyclic) bond motifs is 1. The molecule has 3 rings (SSSR count). The Morgan fingerprint density at radius 1 is 1.33 bits per heavy atom. The molecule has 0 bridgehead atoms. The molecule has 0 saturated heterocycles. The van der Waals surface area contributed by atoms with E-state index in [0.717, 1.165) is 37.0 Å². The van der Waals surface area contributed by atoms with Crippen molar-refractivity contribution in [2.24, 2.45) is 0 Å². The minimum Gasteiger partial charge on any atom is -0.312 e. The Bertz CT molecular complexity index is 441. The third-order valence-corrected chi connectivity index (χ3v) is 4.61. The molecule has 4 heteroatoms. The summed E-state index contributed by atoms with van der Waals surface area (Å²) in [6.07, 6.45) is 3.71. The maximum Gasteiger partial charge on any atom is 0.138 e. The Morgan fingerprint density at radius 2 is 2.17 bits per heavy atom. The standard InChI is InChI=1S/C14H21N3S/c1-9(2)18-8-13-16-12-5-6-15-7-11(12)14(17-13)10-3-4-10/h9-10,15H,3-8H2,1-2H3. The molecule has 0 amide bonds. The summed E-state index contributed by atoms with van der Waals surface area (Å²) in [5.41, 5.74) is 4.07. The van der Waals surface area contributed by atoms with E-state index in [9.17, 15) is 0 Å². The van der Waals surface area contributed by atoms with Gasteiger partial charge in [0, 0.05) is 31.0 Å². The smallest absolute Gasteiger partial charge is 0.138 e. The number of hydrogen-bond donors (Lipinski definition) is 1. The van der Waals surface area contributed by atoms with Crippen LogP contribution in [-0.4, -0.2) is 21.8 Å². The van der Waals surface area contributed by atoms with Crippen LogP contribution in [0.1, 0.15) is 55.4 Å². The van der Waals surface area contributed by atoms with E-state index in [1.165, 1.54) is 29.8 Å². The van der Waals surface area contributed by atoms with Crippen LogP contribution in [0.3, 0.4) is 0 Å². The zero-order valence-corrected chi connectivity index (χ0v) is 12.0. The van der Waals surface area contributed by atoms with Crippen LogP contribution in [0.15, 0.2) is 0 Å². The minimum absolute atomic E-state index is 0.649. The van der Waals surface area contributed by atoms with E-state index in [1.807, 2.05) is 11.8 Å². The molecule has 1 saturated carbocycles. The predicted molar refractivity (Wildman–Crippen MR) is 75.8 cm³/mol. The SMILES string of the molecule is CC(C)SCc1nc2c(c(C3CC3)n1)CNCC2. The highest BCUT2D eigenvalue weighted by Crippen LogP contribution is 2.41. The highest BCUT2D eigenvalue weighted by Gasteiger charge is 2.30. The molecular weight excluding hydrogens is 242 g/mol. The van der Waals surface area contributed by atoms with Crippen molar-refractivity contribution >= 4 is 11.8 Å². The predicted octanol–water partition coefficient (Wildman–Crippen LogP) is 2.64. The van der Waals surface area contributed by atoms with Gasteiger partial charge in [-0.15, -0.1) is 0 Å². The van der Waals surface area contributed by atoms with E-state index < -0.39 is 0 Å². The van der Waals surface area contributed by atoms with E-state index in [4.69, 9.17) is 9.97 Å². The van der Waals surface area contributed by atoms with Crippen molar-refractivity contribution in [3.63, 3.8) is 0 Å². The van der Waals surface area contributed by atoms with Crippen LogP contribution in [0.4, 0.5) is 0 Å². The first-order valence-corrected chi connectivity index (χ1v) is 8.00. The van der Waals surface area contributed by atoms with Gasteiger partial charge < -0.3 is 5.32 Å². The largest absolute Gasteiger partial charge is 0.312 e. The highest BCUT2D eigenvalue weighted by molar-refractivity contribution is 7.99. The Labute approximate surface area is 113 Å². The maximum absolute atomic E-state index is 4.85. The molecule has 2 heterocycles. The van der Waals surface area contributed by atoms with Gasteiger partial charge in [0.2, 0.25) is 0 Å². The quantitative estimate of drug-likeness (QED) is 0.906. The van der Waals surface area contributed by atoms with Gasteiger partial charge in [-0.2, -0.15) is 11.8 Å². The molecule has 98 valence electrons. The number of thioether (sulfide) groups is 1. The van der Waals surface area contributed by atoms with Crippen LogP contribution in [0.25, 0.3) is 0 Å². The topological polar surface area (TPSA) is 37.8 Å². The number of rotatable bonds is 4. The van der Waals surface area contributed by atoms with Crippen molar-refractivity contribution in [2.75, 3.05) is 6.54 Å². The summed E-state index contributed by atoms with van der Waals surface area (Å²) in [4.78, 5) is 9.63. The van der Waals surface area contributed by atoms with Crippen molar-refractivity contribution in [2.45, 2.75) is 56.6 Å². The first-order chi connectivity index (χ1) is 8.74. The second-order valence-electron chi connectivity index (χ2n) is 5.51. The molecule has 1 aliphatic heterocycles. The number of nitrogens with zero attached hydrogens (tertiary/aromatic N) is 2. The third kappa shape index (κ3) is 2.69. The molecule has 3 nitrogen and oxygen atoms in total. The average molecular weight is 263 g/mol. The first kappa shape index (κ1) is 12.4. The number of hydrogen-bond acceptors (Lipinski definition) is 4. The summed E-state index contributed by atoms with van der Waals surface area (Å²) < 4.78 is 0. The Balaban J connectivity index is 1.88. The normalized spacial score (nSPS) is 19.1. The Hall–Kier alpha value is -0.610. The molecule has 0 radical (unpaired) electrons. The van der Waals surface area contributed by atoms with Crippen LogP contribution in [0, 0.1) is 0 Å². The fourth-order valence-electron chi connectivity index (χ4n) is 2.42. The molecule has 0 spiro atoms. The zero-order chi connectivity index (χ0) is 12.5. The molecule has 1 N–H and O–H groups in total. The van der Waals surface area contributed by atoms with Crippen molar-refractivity contribution in [1.82, 2.24) is 15.3 Å². The fraction of sp³-hybridized carbons (Fsp3) is 0.714. The van der Waals surface area contributed by atoms with Crippen LogP contribution in [-0.2, 0) is 18.7 Å². The zero-order valence-electron chi connectivity index (χ0n) is 11.2. The summed E-state index contributed by atoms with van der Waals surface area (Å²) in [5.74, 6) is 2.73. The van der Waals surface area contributed by atoms with Crippen molar-refractivity contribution in [1.29, 1.82) is 0 Å². The third-order valence-electron chi connectivity index (χ3n) is 3.52. The summed E-state index contributed by atoms with van der Waals surface area (Å²) in [7, 11) is 0. The van der Waals surface area contributed by atoms with Crippen molar-refractivity contribution in [3.05, 3.63) is 22.8 Å². The van der Waals surface area contributed by atoms with Gasteiger partial charge in [-0.3, -0.25) is 0 Å². The molecular formula is C14H21N3S. The maximum atomic E-state index is 4.85. The van der Waals surface area contributed by atoms with Gasteiger partial charge in [-0.25, -0.2) is 9.97 Å². The monoisotopic (exact) mass is 263 g/mol. The van der Waals surface area contributed by atoms with Gasteiger partial charge in [0.25, 0.3) is 0 Å². The second kappa shape index (κ2) is 5.17. The van der Waals surface area contributed by atoms with Crippen molar-refractivity contribution < 1.29 is 0 Å². The molecule has 1 aromatic rings. The average Bonchev–Trinajstić information content (AvgIpc) is 3.19. The van der Waals surface area contributed by atoms with Crippen LogP contribution >= 0.6 is 11.8 Å². The van der Waals surface area contributed by atoms with Gasteiger partial charge in [-0.1, -0.05) is 13.8 Å². The van der Waals surface area contributed by atoms with E-state index in [0.29, 0.717) is 5.25 Å². The van der Waals surface area contributed by atoms with E-state index >= 15 is 0 Å². The highest BCUT2D eigenvalue weighted by atomic mass is 32.2. The lowest BCUT2D eigenvalue weighted by atomic mass is 10.0. The summed E-state index contributed by atoms with van der Waals surface area (Å²) in [6.45, 7) is 6.49. The first-order valence-electron chi connectivity index (χ1n) is 6.95. The lowest BCUT2D eigenvalue weighted by Crippen LogP contribution is -2.27. The molecule has 0 atom stereocenters. The summed E-state index contributed by atoms with van der Waals surface area (Å²) in [5, 5.41) is 4.10. The van der Waals surface area contributed by atoms with E-state index in [1.54, 1.807) is 0 Å². The van der Waals surface area contributed by atoms with Gasteiger partial charge in [-0.05, 0) is 18.1 Å². The molecule has 0 unspecified atom stereocenters. The Kier molecular flexibility index (Phi) is 3.57. The molecule has 1 aromatic heterocycles. The van der Waals surface area contributed by atoms with E-state index in [-0.39, 0.29) is 0 Å². The van der Waals surface area contributed by atoms with Crippen LogP contribution < -0.4 is 5.32 Å². The molecule has 18 heavy (non-hydrogen) atoms.